The van der Waals surface area contributed by atoms with Crippen LogP contribution in [0.4, 0.5) is 5.82 Å². The predicted octanol–water partition coefficient (Wildman–Crippen LogP) is 6.93. The lowest BCUT2D eigenvalue weighted by Gasteiger charge is -2.61. The molecular weight excluding hydrogens is 918 g/mol. The fraction of sp³-hybridized carbons (Fsp3) is 0.451. The van der Waals surface area contributed by atoms with Crippen molar-refractivity contribution in [2.24, 2.45) is 18.4 Å². The zero-order valence-electron chi connectivity index (χ0n) is 39.2. The van der Waals surface area contributed by atoms with Crippen molar-refractivity contribution in [3.05, 3.63) is 94.0 Å². The number of amides is 3. The van der Waals surface area contributed by atoms with Gasteiger partial charge in [0.25, 0.3) is 0 Å². The number of carbonyl (C=O) groups excluding carboxylic acids is 4. The molecule has 2 N–H and O–H groups in total. The molecule has 2 aromatic carbocycles. The van der Waals surface area contributed by atoms with Gasteiger partial charge >= 0.3 is 0 Å². The SMILES string of the molecule is CNC(=O)CCC(C=O)c1nn(C)c2cc(C3CCN(CC(=O)N4CCC(C(=O)N5CC6(C5)CN(c5ccc(-c7n[nH]c8ccc(O[C@H](C)c9c(Cl)cncc9Cl)cc78)cn5)C6)CC4)CC3)ccc12. The lowest BCUT2D eigenvalue weighted by atomic mass is 9.72. The molecule has 4 fully saturated rings. The molecule has 8 heterocycles. The van der Waals surface area contributed by atoms with Crippen molar-refractivity contribution in [3.8, 4) is 17.0 Å². The molecule has 18 heteroatoms. The Morgan fingerprint density at radius 1 is 0.913 bits per heavy atom. The van der Waals surface area contributed by atoms with Gasteiger partial charge in [-0.15, -0.1) is 0 Å². The lowest BCUT2D eigenvalue weighted by Crippen LogP contribution is -2.73. The van der Waals surface area contributed by atoms with Gasteiger partial charge in [0.1, 0.15) is 29.7 Å². The van der Waals surface area contributed by atoms with Crippen molar-refractivity contribution in [3.63, 3.8) is 0 Å². The molecule has 3 amide bonds. The number of hydrogen-bond acceptors (Lipinski definition) is 11. The number of anilines is 1. The number of nitrogens with zero attached hydrogens (tertiary/aromatic N) is 9. The summed E-state index contributed by atoms with van der Waals surface area (Å²) in [5.74, 6) is 1.71. The molecule has 4 aromatic heterocycles. The number of benzene rings is 2. The van der Waals surface area contributed by atoms with E-state index in [1.165, 1.54) is 5.56 Å². The largest absolute Gasteiger partial charge is 0.486 e. The zero-order chi connectivity index (χ0) is 48.0. The Hall–Kier alpha value is -6.10. The van der Waals surface area contributed by atoms with Crippen LogP contribution in [-0.2, 0) is 26.2 Å². The van der Waals surface area contributed by atoms with Crippen LogP contribution in [0.3, 0.4) is 0 Å². The number of piperidine rings is 2. The van der Waals surface area contributed by atoms with Gasteiger partial charge in [0, 0.05) is 112 Å². The third kappa shape index (κ3) is 9.38. The quantitative estimate of drug-likeness (QED) is 0.108. The minimum atomic E-state index is -0.444. The molecule has 6 aromatic rings. The van der Waals surface area contributed by atoms with Gasteiger partial charge in [-0.05, 0) is 100.0 Å². The first-order valence-corrected chi connectivity index (χ1v) is 24.7. The molecule has 10 rings (SSSR count). The van der Waals surface area contributed by atoms with Gasteiger partial charge in [0.15, 0.2) is 0 Å². The Morgan fingerprint density at radius 3 is 2.36 bits per heavy atom. The maximum Gasteiger partial charge on any atom is 0.236 e. The highest BCUT2D eigenvalue weighted by Gasteiger charge is 2.54. The lowest BCUT2D eigenvalue weighted by molar-refractivity contribution is -0.152. The number of fused-ring (bicyclic) bond motifs is 2. The average molecular weight is 975 g/mol. The summed E-state index contributed by atoms with van der Waals surface area (Å²) in [6.45, 7) is 8.43. The minimum Gasteiger partial charge on any atom is -0.486 e. The summed E-state index contributed by atoms with van der Waals surface area (Å²) in [4.78, 5) is 68.3. The molecule has 0 saturated carbocycles. The van der Waals surface area contributed by atoms with E-state index in [1.54, 1.807) is 19.4 Å². The van der Waals surface area contributed by atoms with Crippen molar-refractivity contribution >= 4 is 74.8 Å². The minimum absolute atomic E-state index is 0.0464. The second-order valence-corrected chi connectivity index (χ2v) is 20.3. The second kappa shape index (κ2) is 19.4. The van der Waals surface area contributed by atoms with Gasteiger partial charge in [-0.1, -0.05) is 35.3 Å². The number of pyridine rings is 2. The van der Waals surface area contributed by atoms with Crippen LogP contribution in [0.5, 0.6) is 5.75 Å². The van der Waals surface area contributed by atoms with E-state index in [9.17, 15) is 19.2 Å². The van der Waals surface area contributed by atoms with Crippen LogP contribution in [0.2, 0.25) is 10.0 Å². The first-order valence-electron chi connectivity index (χ1n) is 24.0. The number of nitrogens with one attached hydrogen (secondary N) is 2. The van der Waals surface area contributed by atoms with Gasteiger partial charge in [-0.25, -0.2) is 4.98 Å². The molecule has 0 radical (unpaired) electrons. The van der Waals surface area contributed by atoms with Crippen LogP contribution in [0.15, 0.2) is 67.1 Å². The Balaban J connectivity index is 0.654. The summed E-state index contributed by atoms with van der Waals surface area (Å²) >= 11 is 12.8. The molecule has 1 spiro atoms. The van der Waals surface area contributed by atoms with E-state index in [2.05, 4.69) is 48.5 Å². The smallest absolute Gasteiger partial charge is 0.236 e. The van der Waals surface area contributed by atoms with Gasteiger partial charge in [0.2, 0.25) is 17.7 Å². The van der Waals surface area contributed by atoms with Crippen molar-refractivity contribution in [1.82, 2.24) is 50.0 Å². The molecule has 2 atom stereocenters. The molecule has 4 saturated heterocycles. The third-order valence-corrected chi connectivity index (χ3v) is 15.5. The third-order valence-electron chi connectivity index (χ3n) is 14.9. The molecule has 4 aliphatic rings. The number of H-pyrrole nitrogens is 1. The van der Waals surface area contributed by atoms with E-state index >= 15 is 0 Å². The monoisotopic (exact) mass is 973 g/mol. The number of aryl methyl sites for hydroxylation is 1. The van der Waals surface area contributed by atoms with E-state index in [-0.39, 0.29) is 35.5 Å². The Kier molecular flexibility index (Phi) is 13.1. The van der Waals surface area contributed by atoms with Crippen LogP contribution in [0.1, 0.15) is 80.2 Å². The van der Waals surface area contributed by atoms with Crippen molar-refractivity contribution < 1.29 is 23.9 Å². The van der Waals surface area contributed by atoms with Gasteiger partial charge < -0.3 is 29.5 Å². The Bertz CT molecular complexity index is 2870. The van der Waals surface area contributed by atoms with Crippen molar-refractivity contribution in [1.29, 1.82) is 0 Å². The van der Waals surface area contributed by atoms with E-state index in [1.807, 2.05) is 65.0 Å². The van der Waals surface area contributed by atoms with E-state index < -0.39 is 12.0 Å². The summed E-state index contributed by atoms with van der Waals surface area (Å²) in [6.07, 6.45) is 9.44. The fourth-order valence-corrected chi connectivity index (χ4v) is 11.6. The summed E-state index contributed by atoms with van der Waals surface area (Å²) in [5.41, 5.74) is 6.25. The number of ether oxygens (including phenoxy) is 1. The molecule has 69 heavy (non-hydrogen) atoms. The first kappa shape index (κ1) is 46.6. The van der Waals surface area contributed by atoms with E-state index in [4.69, 9.17) is 38.0 Å². The molecule has 4 aliphatic heterocycles. The van der Waals surface area contributed by atoms with Crippen LogP contribution in [0, 0.1) is 11.3 Å². The highest BCUT2D eigenvalue weighted by atomic mass is 35.5. The van der Waals surface area contributed by atoms with Crippen LogP contribution >= 0.6 is 23.2 Å². The number of halogens is 2. The molecule has 1 unspecified atom stereocenters. The van der Waals surface area contributed by atoms with E-state index in [0.29, 0.717) is 71.9 Å². The van der Waals surface area contributed by atoms with E-state index in [0.717, 1.165) is 97.3 Å². The van der Waals surface area contributed by atoms with Gasteiger partial charge in [0.05, 0.1) is 39.2 Å². The average Bonchev–Trinajstić information content (AvgIpc) is 3.91. The first-order chi connectivity index (χ1) is 33.4. The maximum atomic E-state index is 13.6. The number of carbonyl (C=O) groups is 4. The summed E-state index contributed by atoms with van der Waals surface area (Å²) in [6, 6.07) is 16.2. The standard InChI is InChI=1S/C51H57Cl2N11O5/c1-31(47-40(52)23-55-24-41(47)53)69-37-7-9-42-39(21-37)48(58-57-42)35-5-10-44(56-22-35)63-27-51(28-63)29-64(30-51)50(68)33-14-18-62(19-15-33)46(67)25-61-16-12-32(13-17-61)34-4-8-38-43(20-34)60(3)59-49(38)36(26-65)6-11-45(66)54-2/h4-5,7-10,20-24,26,31-33,36H,6,11-19,25,27-30H2,1-3H3,(H,54,66)(H,57,58)/t31-,36?/m1/s1. The van der Waals surface area contributed by atoms with Crippen molar-refractivity contribution in [2.75, 3.05) is 70.9 Å². The zero-order valence-corrected chi connectivity index (χ0v) is 40.7. The predicted molar refractivity (Wildman–Crippen MR) is 264 cm³/mol. The van der Waals surface area contributed by atoms with Gasteiger partial charge in [-0.2, -0.15) is 10.2 Å². The Labute approximate surface area is 410 Å². The highest BCUT2D eigenvalue weighted by Crippen LogP contribution is 2.43. The number of hydrogen-bond donors (Lipinski definition) is 2. The molecular formula is C51H57Cl2N11O5. The number of aromatic nitrogens is 6. The molecule has 0 aliphatic carbocycles. The van der Waals surface area contributed by atoms with Crippen molar-refractivity contribution in [2.45, 2.75) is 63.4 Å². The number of likely N-dealkylation sites (tertiary alicyclic amines) is 3. The topological polar surface area (TPSA) is 175 Å². The molecule has 0 bridgehead atoms. The normalized spacial score (nSPS) is 18.5. The Morgan fingerprint density at radius 2 is 1.67 bits per heavy atom. The van der Waals surface area contributed by atoms with Crippen LogP contribution < -0.4 is 15.0 Å². The summed E-state index contributed by atoms with van der Waals surface area (Å²) in [5, 5.41) is 17.8. The van der Waals surface area contributed by atoms with Crippen LogP contribution in [-0.4, -0.2) is 135 Å². The number of aldehydes is 1. The summed E-state index contributed by atoms with van der Waals surface area (Å²) in [7, 11) is 3.49. The molecule has 360 valence electrons. The fourth-order valence-electron chi connectivity index (χ4n) is 11.0. The maximum absolute atomic E-state index is 13.6. The molecule has 16 nitrogen and oxygen atoms in total. The number of rotatable bonds is 14. The second-order valence-electron chi connectivity index (χ2n) is 19.5. The number of aromatic amines is 1. The summed E-state index contributed by atoms with van der Waals surface area (Å²) < 4.78 is 8.09. The van der Waals surface area contributed by atoms with Crippen LogP contribution in [0.25, 0.3) is 33.1 Å². The van der Waals surface area contributed by atoms with Gasteiger partial charge in [-0.3, -0.25) is 34.0 Å². The highest BCUT2D eigenvalue weighted by molar-refractivity contribution is 6.35.